The van der Waals surface area contributed by atoms with E-state index in [1.165, 1.54) is 19.2 Å². The summed E-state index contributed by atoms with van der Waals surface area (Å²) in [6.07, 6.45) is 3.59. The molecular weight excluding hydrogens is 388 g/mol. The van der Waals surface area contributed by atoms with E-state index < -0.39 is 4.92 Å². The number of nitro groups is 1. The van der Waals surface area contributed by atoms with Crippen LogP contribution in [0.2, 0.25) is 0 Å². The third kappa shape index (κ3) is 4.77. The summed E-state index contributed by atoms with van der Waals surface area (Å²) in [6, 6.07) is 4.29. The van der Waals surface area contributed by atoms with Gasteiger partial charge in [0.15, 0.2) is 0 Å². The smallest absolute Gasteiger partial charge is 0.296 e. The number of halogens is 1. The van der Waals surface area contributed by atoms with Gasteiger partial charge in [-0.05, 0) is 12.1 Å². The van der Waals surface area contributed by atoms with Gasteiger partial charge < -0.3 is 19.9 Å². The molecule has 1 unspecified atom stereocenters. The quantitative estimate of drug-likeness (QED) is 0.545. The molecule has 1 aromatic carbocycles. The molecule has 1 amide bonds. The Morgan fingerprint density at radius 1 is 1.50 bits per heavy atom. The minimum absolute atomic E-state index is 0. The minimum atomic E-state index is -0.542. The zero-order chi connectivity index (χ0) is 19.4. The van der Waals surface area contributed by atoms with Gasteiger partial charge in [0.2, 0.25) is 5.91 Å². The summed E-state index contributed by atoms with van der Waals surface area (Å²) in [4.78, 5) is 29.7. The van der Waals surface area contributed by atoms with Crippen molar-refractivity contribution in [3.8, 4) is 5.75 Å². The van der Waals surface area contributed by atoms with E-state index in [0.717, 1.165) is 12.4 Å². The number of carbonyl (C=O) groups excluding carboxylic acids is 1. The van der Waals surface area contributed by atoms with E-state index in [1.807, 2.05) is 22.7 Å². The second kappa shape index (κ2) is 9.49. The number of imidazole rings is 1. The predicted octanol–water partition coefficient (Wildman–Crippen LogP) is 1.34. The summed E-state index contributed by atoms with van der Waals surface area (Å²) in [5.74, 6) is 0.909. The number of aryl methyl sites for hydroxylation is 1. The molecule has 152 valence electrons. The van der Waals surface area contributed by atoms with Gasteiger partial charge >= 0.3 is 0 Å². The molecule has 2 aromatic rings. The number of nitrogens with one attached hydrogen (secondary N) is 2. The zero-order valence-corrected chi connectivity index (χ0v) is 16.4. The SMILES string of the molecule is COc1ccc(NC(=O)CN2CCNCC2c2nccn2C)c([N+](=O)[O-])c1.Cl. The van der Waals surface area contributed by atoms with Crippen LogP contribution < -0.4 is 15.4 Å². The summed E-state index contributed by atoms with van der Waals surface area (Å²) in [5, 5.41) is 17.2. The summed E-state index contributed by atoms with van der Waals surface area (Å²) in [7, 11) is 3.34. The molecule has 1 aromatic heterocycles. The number of anilines is 1. The van der Waals surface area contributed by atoms with Crippen molar-refractivity contribution in [2.24, 2.45) is 7.05 Å². The topological polar surface area (TPSA) is 115 Å². The molecule has 2 heterocycles. The number of rotatable bonds is 6. The first-order valence-electron chi connectivity index (χ1n) is 8.54. The van der Waals surface area contributed by atoms with Crippen LogP contribution in [0, 0.1) is 10.1 Å². The fourth-order valence-corrected chi connectivity index (χ4v) is 3.16. The normalized spacial score (nSPS) is 16.9. The molecule has 0 bridgehead atoms. The number of hydrogen-bond acceptors (Lipinski definition) is 7. The molecule has 0 spiro atoms. The van der Waals surface area contributed by atoms with Crippen LogP contribution in [-0.2, 0) is 11.8 Å². The number of nitro benzene ring substituents is 1. The van der Waals surface area contributed by atoms with Crippen molar-refractivity contribution in [1.29, 1.82) is 0 Å². The lowest BCUT2D eigenvalue weighted by atomic mass is 10.1. The Kier molecular flexibility index (Phi) is 7.32. The van der Waals surface area contributed by atoms with Crippen molar-refractivity contribution in [3.63, 3.8) is 0 Å². The predicted molar refractivity (Wildman–Crippen MR) is 106 cm³/mol. The first-order valence-corrected chi connectivity index (χ1v) is 8.54. The number of ether oxygens (including phenoxy) is 1. The average molecular weight is 411 g/mol. The third-order valence-corrected chi connectivity index (χ3v) is 4.53. The van der Waals surface area contributed by atoms with Crippen LogP contribution in [0.25, 0.3) is 0 Å². The average Bonchev–Trinajstić information content (AvgIpc) is 3.08. The first kappa shape index (κ1) is 21.6. The highest BCUT2D eigenvalue weighted by Gasteiger charge is 2.28. The molecule has 0 saturated carbocycles. The number of hydrogen-bond donors (Lipinski definition) is 2. The van der Waals surface area contributed by atoms with Gasteiger partial charge in [-0.3, -0.25) is 19.8 Å². The molecule has 1 saturated heterocycles. The molecule has 2 N–H and O–H groups in total. The van der Waals surface area contributed by atoms with Crippen molar-refractivity contribution in [2.45, 2.75) is 6.04 Å². The van der Waals surface area contributed by atoms with Gasteiger partial charge in [0.1, 0.15) is 17.3 Å². The van der Waals surface area contributed by atoms with E-state index in [1.54, 1.807) is 12.3 Å². The lowest BCUT2D eigenvalue weighted by Crippen LogP contribution is -2.49. The first-order chi connectivity index (χ1) is 13.0. The zero-order valence-electron chi connectivity index (χ0n) is 15.6. The van der Waals surface area contributed by atoms with Crippen molar-refractivity contribution >= 4 is 29.7 Å². The van der Waals surface area contributed by atoms with E-state index in [0.29, 0.717) is 18.8 Å². The van der Waals surface area contributed by atoms with Crippen molar-refractivity contribution < 1.29 is 14.5 Å². The molecule has 0 radical (unpaired) electrons. The number of aromatic nitrogens is 2. The standard InChI is InChI=1S/C17H22N6O4.ClH/c1-21-7-6-19-17(21)15-10-18-5-8-22(15)11-16(24)20-13-4-3-12(27-2)9-14(13)23(25)26;/h3-4,6-7,9,15,18H,5,8,10-11H2,1-2H3,(H,20,24);1H. The van der Waals surface area contributed by atoms with E-state index in [4.69, 9.17) is 4.74 Å². The van der Waals surface area contributed by atoms with Gasteiger partial charge in [0, 0.05) is 39.1 Å². The molecule has 10 nitrogen and oxygen atoms in total. The molecule has 1 atom stereocenters. The Labute approximate surface area is 168 Å². The van der Waals surface area contributed by atoms with Gasteiger partial charge in [0.25, 0.3) is 5.69 Å². The lowest BCUT2D eigenvalue weighted by molar-refractivity contribution is -0.384. The number of nitrogens with zero attached hydrogens (tertiary/aromatic N) is 4. The Morgan fingerprint density at radius 2 is 2.29 bits per heavy atom. The number of piperazine rings is 1. The summed E-state index contributed by atoms with van der Waals surface area (Å²) < 4.78 is 6.94. The molecule has 11 heteroatoms. The maximum absolute atomic E-state index is 12.6. The fourth-order valence-electron chi connectivity index (χ4n) is 3.16. The van der Waals surface area contributed by atoms with Crippen LogP contribution in [0.1, 0.15) is 11.9 Å². The summed E-state index contributed by atoms with van der Waals surface area (Å²) in [6.45, 7) is 2.23. The Morgan fingerprint density at radius 3 is 2.93 bits per heavy atom. The minimum Gasteiger partial charge on any atom is -0.496 e. The lowest BCUT2D eigenvalue weighted by Gasteiger charge is -2.35. The van der Waals surface area contributed by atoms with Crippen LogP contribution in [0.5, 0.6) is 5.75 Å². The van der Waals surface area contributed by atoms with Gasteiger partial charge in [-0.25, -0.2) is 4.98 Å². The van der Waals surface area contributed by atoms with Crippen LogP contribution in [0.3, 0.4) is 0 Å². The third-order valence-electron chi connectivity index (χ3n) is 4.53. The van der Waals surface area contributed by atoms with Crippen LogP contribution in [-0.4, -0.2) is 58.6 Å². The van der Waals surface area contributed by atoms with Gasteiger partial charge in [-0.15, -0.1) is 12.4 Å². The molecule has 1 aliphatic heterocycles. The molecule has 1 aliphatic rings. The highest BCUT2D eigenvalue weighted by Crippen LogP contribution is 2.29. The second-order valence-corrected chi connectivity index (χ2v) is 6.28. The highest BCUT2D eigenvalue weighted by atomic mass is 35.5. The van der Waals surface area contributed by atoms with Gasteiger partial charge in [-0.2, -0.15) is 0 Å². The molecule has 0 aliphatic carbocycles. The molecule has 28 heavy (non-hydrogen) atoms. The van der Waals surface area contributed by atoms with E-state index >= 15 is 0 Å². The van der Waals surface area contributed by atoms with Gasteiger partial charge in [0.05, 0.1) is 30.7 Å². The number of amides is 1. The van der Waals surface area contributed by atoms with E-state index in [2.05, 4.69) is 15.6 Å². The highest BCUT2D eigenvalue weighted by molar-refractivity contribution is 5.94. The van der Waals surface area contributed by atoms with Crippen molar-refractivity contribution in [2.75, 3.05) is 38.6 Å². The van der Waals surface area contributed by atoms with Crippen molar-refractivity contribution in [1.82, 2.24) is 19.8 Å². The van der Waals surface area contributed by atoms with Crippen LogP contribution in [0.4, 0.5) is 11.4 Å². The number of benzene rings is 1. The second-order valence-electron chi connectivity index (χ2n) is 6.28. The largest absolute Gasteiger partial charge is 0.496 e. The number of methoxy groups -OCH3 is 1. The molecule has 1 fully saturated rings. The van der Waals surface area contributed by atoms with E-state index in [9.17, 15) is 14.9 Å². The monoisotopic (exact) mass is 410 g/mol. The molecular formula is C17H23ClN6O4. The maximum Gasteiger partial charge on any atom is 0.296 e. The Balaban J connectivity index is 0.00000280. The summed E-state index contributed by atoms with van der Waals surface area (Å²) >= 11 is 0. The van der Waals surface area contributed by atoms with E-state index in [-0.39, 0.29) is 42.3 Å². The summed E-state index contributed by atoms with van der Waals surface area (Å²) in [5.41, 5.74) is -0.0573. The Hall–Kier alpha value is -2.69. The fraction of sp³-hybridized carbons (Fsp3) is 0.412. The van der Waals surface area contributed by atoms with Crippen LogP contribution >= 0.6 is 12.4 Å². The maximum atomic E-state index is 12.6. The molecule has 3 rings (SSSR count). The van der Waals surface area contributed by atoms with Crippen molar-refractivity contribution in [3.05, 3.63) is 46.5 Å². The Bertz CT molecular complexity index is 843. The van der Waals surface area contributed by atoms with Gasteiger partial charge in [-0.1, -0.05) is 0 Å². The van der Waals surface area contributed by atoms with Crippen LogP contribution in [0.15, 0.2) is 30.6 Å². The number of carbonyl (C=O) groups is 1.